The Balaban J connectivity index is 1.33. The SMILES string of the molecule is CC1(C)c2ccccc2N(c2c3nc(-c4ccccc4)n(-c4ccccc4)c3c(N3c4ccccc4C(C)(C)c4ccccc43)c3nc(-c4ccccc4)n(-c4ccccc4)c23)c2ccccc21. The topological polar surface area (TPSA) is 42.1 Å². The molecule has 0 amide bonds. The smallest absolute Gasteiger partial charge is 0.145 e. The molecular weight excluding hydrogens is 829 g/mol. The summed E-state index contributed by atoms with van der Waals surface area (Å²) in [6.45, 7) is 9.40. The molecule has 9 aromatic carbocycles. The first-order valence-corrected chi connectivity index (χ1v) is 23.5. The number of para-hydroxylation sites is 6. The highest BCUT2D eigenvalue weighted by Gasteiger charge is 2.43. The molecule has 0 aliphatic carbocycles. The van der Waals surface area contributed by atoms with Crippen LogP contribution in [0.2, 0.25) is 0 Å². The molecule has 2 aliphatic rings. The number of hydrogen-bond donors (Lipinski definition) is 0. The molecule has 0 saturated carbocycles. The predicted molar refractivity (Wildman–Crippen MR) is 280 cm³/mol. The third-order valence-electron chi connectivity index (χ3n) is 14.5. The van der Waals surface area contributed by atoms with Crippen LogP contribution >= 0.6 is 0 Å². The molecule has 2 aliphatic heterocycles. The lowest BCUT2D eigenvalue weighted by Gasteiger charge is -2.43. The summed E-state index contributed by atoms with van der Waals surface area (Å²) in [6.07, 6.45) is 0. The minimum absolute atomic E-state index is 0.288. The lowest BCUT2D eigenvalue weighted by atomic mass is 9.73. The van der Waals surface area contributed by atoms with E-state index < -0.39 is 0 Å². The molecule has 11 aromatic rings. The number of benzene rings is 9. The molecule has 0 N–H and O–H groups in total. The highest BCUT2D eigenvalue weighted by Crippen LogP contribution is 2.60. The van der Waals surface area contributed by atoms with E-state index >= 15 is 0 Å². The van der Waals surface area contributed by atoms with E-state index in [1.54, 1.807) is 0 Å². The summed E-state index contributed by atoms with van der Waals surface area (Å²) in [6, 6.07) is 78.5. The Morgan fingerprint density at radius 1 is 0.309 bits per heavy atom. The standard InChI is InChI=1S/C62H48N6/c1-61(2)45-33-17-21-37-49(45)67(50-38-22-18-34-46(50)61)57-53-56(66(44-31-15-8-16-32-44)59(63-53)41-25-9-5-10-26-41)58(68-51-39-23-19-35-47(51)62(3,4)48-36-20-24-40-52(48)68)54-55(57)65(43-29-13-7-14-30-43)60(64-54)42-27-11-6-12-28-42/h5-40H,1-4H3. The summed E-state index contributed by atoms with van der Waals surface area (Å²) in [5.41, 5.74) is 18.4. The van der Waals surface area contributed by atoms with Gasteiger partial charge in [0.25, 0.3) is 0 Å². The molecule has 0 atom stereocenters. The van der Waals surface area contributed by atoms with Crippen molar-refractivity contribution < 1.29 is 0 Å². The molecule has 68 heavy (non-hydrogen) atoms. The summed E-state index contributed by atoms with van der Waals surface area (Å²) < 4.78 is 4.78. The second kappa shape index (κ2) is 15.0. The van der Waals surface area contributed by atoms with E-state index in [1.165, 1.54) is 22.3 Å². The average molecular weight is 877 g/mol. The molecule has 0 fully saturated rings. The minimum atomic E-state index is -0.288. The number of fused-ring (bicyclic) bond motifs is 6. The van der Waals surface area contributed by atoms with Gasteiger partial charge in [-0.2, -0.15) is 0 Å². The Hall–Kier alpha value is -8.48. The van der Waals surface area contributed by atoms with Crippen molar-refractivity contribution in [3.8, 4) is 34.2 Å². The molecule has 0 bridgehead atoms. The molecule has 0 unspecified atom stereocenters. The van der Waals surface area contributed by atoms with Crippen molar-refractivity contribution in [2.45, 2.75) is 38.5 Å². The fraction of sp³-hybridized carbons (Fsp3) is 0.0968. The fourth-order valence-electron chi connectivity index (χ4n) is 11.3. The first-order chi connectivity index (χ1) is 33.3. The van der Waals surface area contributed by atoms with Crippen molar-refractivity contribution in [1.29, 1.82) is 0 Å². The molecule has 6 nitrogen and oxygen atoms in total. The fourth-order valence-corrected chi connectivity index (χ4v) is 11.3. The van der Waals surface area contributed by atoms with Crippen LogP contribution in [0.4, 0.5) is 34.1 Å². The Labute approximate surface area is 396 Å². The Morgan fingerprint density at radius 3 is 0.882 bits per heavy atom. The van der Waals surface area contributed by atoms with E-state index in [0.717, 1.165) is 90.3 Å². The van der Waals surface area contributed by atoms with Gasteiger partial charge in [0.1, 0.15) is 45.1 Å². The second-order valence-electron chi connectivity index (χ2n) is 19.0. The summed E-state index contributed by atoms with van der Waals surface area (Å²) in [5.74, 6) is 1.68. The Kier molecular flexibility index (Phi) is 8.80. The van der Waals surface area contributed by atoms with Crippen LogP contribution in [0.15, 0.2) is 218 Å². The van der Waals surface area contributed by atoms with Gasteiger partial charge in [0.05, 0.1) is 22.7 Å². The van der Waals surface area contributed by atoms with Crippen LogP contribution in [0.3, 0.4) is 0 Å². The zero-order chi connectivity index (χ0) is 45.7. The number of aromatic nitrogens is 4. The van der Waals surface area contributed by atoms with Gasteiger partial charge in [-0.3, -0.25) is 9.13 Å². The summed E-state index contributed by atoms with van der Waals surface area (Å²) in [4.78, 5) is 17.1. The van der Waals surface area contributed by atoms with Crippen molar-refractivity contribution in [2.24, 2.45) is 0 Å². The van der Waals surface area contributed by atoms with Crippen LogP contribution in [0.1, 0.15) is 49.9 Å². The summed E-state index contributed by atoms with van der Waals surface area (Å²) in [5, 5.41) is 0. The van der Waals surface area contributed by atoms with E-state index in [4.69, 9.17) is 9.97 Å². The summed E-state index contributed by atoms with van der Waals surface area (Å²) >= 11 is 0. The molecule has 4 heterocycles. The maximum absolute atomic E-state index is 6.03. The van der Waals surface area contributed by atoms with Crippen LogP contribution in [0.5, 0.6) is 0 Å². The molecule has 2 aromatic heterocycles. The quantitative estimate of drug-likeness (QED) is 0.167. The Bertz CT molecular complexity index is 3390. The molecular formula is C62H48N6. The van der Waals surface area contributed by atoms with Crippen molar-refractivity contribution in [3.63, 3.8) is 0 Å². The first-order valence-electron chi connectivity index (χ1n) is 23.5. The molecule has 0 radical (unpaired) electrons. The maximum Gasteiger partial charge on any atom is 0.145 e. The second-order valence-corrected chi connectivity index (χ2v) is 19.0. The van der Waals surface area contributed by atoms with Gasteiger partial charge >= 0.3 is 0 Å². The van der Waals surface area contributed by atoms with Crippen molar-refractivity contribution in [2.75, 3.05) is 9.80 Å². The van der Waals surface area contributed by atoms with Gasteiger partial charge in [0, 0.05) is 33.3 Å². The largest absolute Gasteiger partial charge is 0.306 e. The van der Waals surface area contributed by atoms with Gasteiger partial charge in [-0.15, -0.1) is 0 Å². The molecule has 326 valence electrons. The van der Waals surface area contributed by atoms with E-state index in [0.29, 0.717) is 0 Å². The highest BCUT2D eigenvalue weighted by molar-refractivity contribution is 6.22. The van der Waals surface area contributed by atoms with E-state index in [9.17, 15) is 0 Å². The minimum Gasteiger partial charge on any atom is -0.306 e. The zero-order valence-corrected chi connectivity index (χ0v) is 38.5. The number of nitrogens with zero attached hydrogens (tertiary/aromatic N) is 6. The van der Waals surface area contributed by atoms with Crippen LogP contribution in [0.25, 0.3) is 56.2 Å². The zero-order valence-electron chi connectivity index (χ0n) is 38.5. The van der Waals surface area contributed by atoms with Gasteiger partial charge in [0.2, 0.25) is 0 Å². The van der Waals surface area contributed by atoms with Crippen LogP contribution in [-0.4, -0.2) is 19.1 Å². The number of rotatable bonds is 6. The number of anilines is 6. The van der Waals surface area contributed by atoms with Crippen LogP contribution in [-0.2, 0) is 10.8 Å². The summed E-state index contributed by atoms with van der Waals surface area (Å²) in [7, 11) is 0. The van der Waals surface area contributed by atoms with Gasteiger partial charge in [-0.25, -0.2) is 9.97 Å². The van der Waals surface area contributed by atoms with Gasteiger partial charge < -0.3 is 9.80 Å². The molecule has 13 rings (SSSR count). The lowest BCUT2D eigenvalue weighted by Crippen LogP contribution is -2.31. The van der Waals surface area contributed by atoms with Crippen molar-refractivity contribution >= 4 is 56.2 Å². The van der Waals surface area contributed by atoms with E-state index in [-0.39, 0.29) is 10.8 Å². The molecule has 6 heteroatoms. The number of hydrogen-bond acceptors (Lipinski definition) is 4. The average Bonchev–Trinajstić information content (AvgIpc) is 3.99. The normalized spacial score (nSPS) is 14.4. The molecule has 0 spiro atoms. The van der Waals surface area contributed by atoms with Crippen LogP contribution < -0.4 is 9.80 Å². The lowest BCUT2D eigenvalue weighted by molar-refractivity contribution is 0.631. The van der Waals surface area contributed by atoms with E-state index in [1.807, 2.05) is 0 Å². The van der Waals surface area contributed by atoms with Gasteiger partial charge in [-0.05, 0) is 70.8 Å². The third kappa shape index (κ3) is 5.70. The third-order valence-corrected chi connectivity index (χ3v) is 14.5. The first kappa shape index (κ1) is 39.8. The van der Waals surface area contributed by atoms with Crippen molar-refractivity contribution in [1.82, 2.24) is 19.1 Å². The number of imidazole rings is 2. The van der Waals surface area contributed by atoms with Gasteiger partial charge in [-0.1, -0.05) is 198 Å². The predicted octanol–water partition coefficient (Wildman–Crippen LogP) is 15.9. The van der Waals surface area contributed by atoms with E-state index in [2.05, 4.69) is 265 Å². The monoisotopic (exact) mass is 876 g/mol. The van der Waals surface area contributed by atoms with Gasteiger partial charge in [0.15, 0.2) is 0 Å². The van der Waals surface area contributed by atoms with Crippen molar-refractivity contribution in [3.05, 3.63) is 241 Å². The maximum atomic E-state index is 6.03. The molecule has 0 saturated heterocycles. The highest BCUT2D eigenvalue weighted by atomic mass is 15.3. The van der Waals surface area contributed by atoms with Crippen LogP contribution in [0, 0.1) is 0 Å². The Morgan fingerprint density at radius 2 is 0.574 bits per heavy atom.